The zero-order valence-corrected chi connectivity index (χ0v) is 34.9. The zero-order chi connectivity index (χ0) is 40.4. The van der Waals surface area contributed by atoms with Crippen LogP contribution in [-0.2, 0) is 28.9 Å². The summed E-state index contributed by atoms with van der Waals surface area (Å²) in [5.41, 5.74) is 9.17. The standard InChI is InChI=1S/C45H53N3O8Si/c1-44(2,3)57(6,7)56-45-31(37(46)40-36(42(45)51)43(47-55-40)54-25-27-17-12-9-13-18-27)22-28-21-30-35(38(49)34(28)41(45)50)33(53-24-26-15-10-8-11-16-26)23-29(39(30)52-5)32-19-14-20-48(32)4/h8-13,15-18,23,28,31-32,37,49H,14,19-22,24-25,46H2,1-7H3/t28-,31-,32-,37-,45-/m0/s1. The molecule has 2 fully saturated rings. The lowest BCUT2D eigenvalue weighted by Gasteiger charge is -2.53. The van der Waals surface area contributed by atoms with E-state index in [0.717, 1.165) is 41.6 Å². The molecule has 0 amide bonds. The van der Waals surface area contributed by atoms with Gasteiger partial charge in [0.2, 0.25) is 11.6 Å². The number of rotatable bonds is 10. The second-order valence-electron chi connectivity index (χ2n) is 17.6. The first kappa shape index (κ1) is 39.1. The molecular formula is C45H53N3O8Si. The van der Waals surface area contributed by atoms with Gasteiger partial charge in [0, 0.05) is 28.7 Å². The van der Waals surface area contributed by atoms with Crippen LogP contribution in [0.5, 0.6) is 17.4 Å². The highest BCUT2D eigenvalue weighted by atomic mass is 28.4. The number of ether oxygens (including phenoxy) is 3. The molecule has 0 bridgehead atoms. The number of benzene rings is 3. The molecule has 4 aromatic rings. The monoisotopic (exact) mass is 791 g/mol. The van der Waals surface area contributed by atoms with Crippen molar-refractivity contribution < 1.29 is 37.9 Å². The van der Waals surface area contributed by atoms with Crippen LogP contribution >= 0.6 is 0 Å². The number of carbonyl (C=O) groups is 2. The molecule has 0 spiro atoms. The van der Waals surface area contributed by atoms with Crippen LogP contribution in [0.3, 0.4) is 0 Å². The first-order valence-corrected chi connectivity index (χ1v) is 22.8. The van der Waals surface area contributed by atoms with Crippen molar-refractivity contribution in [3.05, 3.63) is 111 Å². The Morgan fingerprint density at radius 2 is 1.63 bits per heavy atom. The van der Waals surface area contributed by atoms with Crippen LogP contribution in [0.2, 0.25) is 18.1 Å². The van der Waals surface area contributed by atoms with E-state index in [9.17, 15) is 5.11 Å². The van der Waals surface area contributed by atoms with Crippen molar-refractivity contribution in [3.63, 3.8) is 0 Å². The van der Waals surface area contributed by atoms with Crippen LogP contribution in [0.25, 0.3) is 5.76 Å². The number of fused-ring (bicyclic) bond motifs is 4. The maximum Gasteiger partial charge on any atom is 0.265 e. The summed E-state index contributed by atoms with van der Waals surface area (Å²) in [5, 5.41) is 16.4. The first-order chi connectivity index (χ1) is 27.2. The van der Waals surface area contributed by atoms with Crippen molar-refractivity contribution in [2.24, 2.45) is 17.6 Å². The second kappa shape index (κ2) is 14.6. The number of methoxy groups -OCH3 is 1. The molecule has 1 aliphatic heterocycles. The van der Waals surface area contributed by atoms with Gasteiger partial charge in [-0.3, -0.25) is 14.5 Å². The lowest BCUT2D eigenvalue weighted by atomic mass is 9.57. The van der Waals surface area contributed by atoms with Gasteiger partial charge >= 0.3 is 0 Å². The van der Waals surface area contributed by atoms with Crippen molar-refractivity contribution >= 4 is 25.6 Å². The van der Waals surface area contributed by atoms with Crippen LogP contribution in [0.4, 0.5) is 0 Å². The summed E-state index contributed by atoms with van der Waals surface area (Å²) >= 11 is 0. The predicted molar refractivity (Wildman–Crippen MR) is 218 cm³/mol. The Morgan fingerprint density at radius 1 is 0.982 bits per heavy atom. The fourth-order valence-corrected chi connectivity index (χ4v) is 10.6. The lowest BCUT2D eigenvalue weighted by Crippen LogP contribution is -2.68. The van der Waals surface area contributed by atoms with E-state index in [1.807, 2.05) is 79.8 Å². The Labute approximate surface area is 335 Å². The maximum atomic E-state index is 15.7. The van der Waals surface area contributed by atoms with Crippen LogP contribution in [0, 0.1) is 11.8 Å². The van der Waals surface area contributed by atoms with Crippen LogP contribution in [0.1, 0.15) is 96.1 Å². The van der Waals surface area contributed by atoms with Gasteiger partial charge < -0.3 is 34.0 Å². The molecule has 11 nitrogen and oxygen atoms in total. The highest BCUT2D eigenvalue weighted by Gasteiger charge is 2.68. The second-order valence-corrected chi connectivity index (χ2v) is 22.3. The Bertz CT molecular complexity index is 2230. The van der Waals surface area contributed by atoms with E-state index in [0.29, 0.717) is 23.5 Å². The summed E-state index contributed by atoms with van der Waals surface area (Å²) in [7, 11) is 0.847. The van der Waals surface area contributed by atoms with Gasteiger partial charge in [-0.25, -0.2) is 0 Å². The quantitative estimate of drug-likeness (QED) is 0.118. The zero-order valence-electron chi connectivity index (χ0n) is 33.9. The molecular weight excluding hydrogens is 739 g/mol. The van der Waals surface area contributed by atoms with E-state index in [-0.39, 0.29) is 59.3 Å². The van der Waals surface area contributed by atoms with E-state index in [1.165, 1.54) is 0 Å². The molecule has 1 aromatic heterocycles. The molecule has 3 aromatic carbocycles. The van der Waals surface area contributed by atoms with Crippen molar-refractivity contribution in [1.29, 1.82) is 0 Å². The number of carbonyl (C=O) groups excluding carboxylic acids is 2. The summed E-state index contributed by atoms with van der Waals surface area (Å²) in [6.45, 7) is 11.5. The number of aliphatic hydroxyl groups excluding tert-OH is 1. The average Bonchev–Trinajstić information content (AvgIpc) is 3.82. The van der Waals surface area contributed by atoms with Gasteiger partial charge in [-0.1, -0.05) is 81.4 Å². The van der Waals surface area contributed by atoms with Gasteiger partial charge in [-0.2, -0.15) is 0 Å². The number of aliphatic hydroxyl groups is 1. The first-order valence-electron chi connectivity index (χ1n) is 19.9. The minimum absolute atomic E-state index is 0.00960. The third-order valence-corrected chi connectivity index (χ3v) is 17.6. The summed E-state index contributed by atoms with van der Waals surface area (Å²) in [4.78, 5) is 33.4. The van der Waals surface area contributed by atoms with Gasteiger partial charge in [-0.05, 0) is 85.7 Å². The third-order valence-electron chi connectivity index (χ3n) is 13.1. The molecule has 3 aliphatic carbocycles. The summed E-state index contributed by atoms with van der Waals surface area (Å²) in [5.74, 6) is -1.50. The SMILES string of the molecule is COc1c([C@@H]2CCCN2C)cc(OCc2ccccc2)c2c1C[C@H]1C[C@H]3[C@H](N)c4onc(OCc5ccccc5)c4C(=O)[C@@]3(O[Si](C)(C)C(C)(C)C)C(=O)C1=C2O. The number of ketones is 2. The largest absolute Gasteiger partial charge is 0.507 e. The fraction of sp³-hybridized carbons (Fsp3) is 0.444. The molecule has 3 N–H and O–H groups in total. The van der Waals surface area contributed by atoms with E-state index in [2.05, 4.69) is 37.9 Å². The summed E-state index contributed by atoms with van der Waals surface area (Å²) in [6.07, 6.45) is 2.61. The third kappa shape index (κ3) is 6.41. The lowest BCUT2D eigenvalue weighted by molar-refractivity contribution is -0.138. The van der Waals surface area contributed by atoms with Gasteiger partial charge in [-0.15, -0.1) is 0 Å². The molecule has 12 heteroatoms. The molecule has 57 heavy (non-hydrogen) atoms. The minimum atomic E-state index is -2.91. The number of Topliss-reactive ketones (excluding diaryl/α,β-unsaturated/α-hetero) is 2. The van der Waals surface area contributed by atoms with Crippen LogP contribution in [0.15, 0.2) is 76.8 Å². The van der Waals surface area contributed by atoms with Crippen molar-refractivity contribution in [1.82, 2.24) is 10.1 Å². The van der Waals surface area contributed by atoms with Crippen LogP contribution in [-0.4, -0.2) is 61.4 Å². The van der Waals surface area contributed by atoms with E-state index in [4.69, 9.17) is 28.9 Å². The Hall–Kier alpha value is -4.75. The van der Waals surface area contributed by atoms with Crippen molar-refractivity contribution in [3.8, 4) is 17.4 Å². The molecule has 5 atom stereocenters. The minimum Gasteiger partial charge on any atom is -0.507 e. The number of hydrogen-bond donors (Lipinski definition) is 2. The molecule has 8 rings (SSSR count). The highest BCUT2D eigenvalue weighted by Crippen LogP contribution is 2.59. The van der Waals surface area contributed by atoms with E-state index in [1.54, 1.807) is 7.11 Å². The van der Waals surface area contributed by atoms with E-state index >= 15 is 9.59 Å². The van der Waals surface area contributed by atoms with Crippen LogP contribution < -0.4 is 19.9 Å². The molecule has 0 radical (unpaired) electrons. The van der Waals surface area contributed by atoms with E-state index < -0.39 is 43.4 Å². The van der Waals surface area contributed by atoms with Gasteiger partial charge in [0.15, 0.2) is 19.7 Å². The summed E-state index contributed by atoms with van der Waals surface area (Å²) in [6, 6.07) is 20.4. The van der Waals surface area contributed by atoms with Gasteiger partial charge in [0.1, 0.15) is 36.0 Å². The maximum absolute atomic E-state index is 15.7. The van der Waals surface area contributed by atoms with Crippen molar-refractivity contribution in [2.75, 3.05) is 20.7 Å². The van der Waals surface area contributed by atoms with Gasteiger partial charge in [0.25, 0.3) is 5.88 Å². The number of aromatic nitrogens is 1. The smallest absolute Gasteiger partial charge is 0.265 e. The number of hydrogen-bond acceptors (Lipinski definition) is 11. The fourth-order valence-electron chi connectivity index (χ4n) is 9.13. The van der Waals surface area contributed by atoms with Crippen molar-refractivity contribution in [2.45, 2.75) is 95.5 Å². The Balaban J connectivity index is 1.29. The Kier molecular flexibility index (Phi) is 9.99. The molecule has 4 aliphatic rings. The number of nitrogens with zero attached hydrogens (tertiary/aromatic N) is 2. The molecule has 2 heterocycles. The molecule has 1 saturated carbocycles. The van der Waals surface area contributed by atoms with Gasteiger partial charge in [0.05, 0.1) is 18.7 Å². The molecule has 1 saturated heterocycles. The Morgan fingerprint density at radius 3 is 2.23 bits per heavy atom. The topological polar surface area (TPSA) is 147 Å². The number of nitrogens with two attached hydrogens (primary N) is 1. The molecule has 0 unspecified atom stereocenters. The average molecular weight is 792 g/mol. The molecule has 300 valence electrons. The number of likely N-dealkylation sites (tertiary alicyclic amines) is 1. The normalized spacial score (nSPS) is 24.8. The highest BCUT2D eigenvalue weighted by molar-refractivity contribution is 6.74. The summed E-state index contributed by atoms with van der Waals surface area (Å²) < 4.78 is 31.9. The predicted octanol–water partition coefficient (Wildman–Crippen LogP) is 8.30.